The summed E-state index contributed by atoms with van der Waals surface area (Å²) in [5, 5.41) is 0. The summed E-state index contributed by atoms with van der Waals surface area (Å²) in [6, 6.07) is 12.5. The fraction of sp³-hybridized carbons (Fsp3) is 0.300. The van der Waals surface area contributed by atoms with Gasteiger partial charge in [0.25, 0.3) is 5.91 Å². The van der Waals surface area contributed by atoms with Gasteiger partial charge in [-0.15, -0.1) is 0 Å². The first-order valence-corrected chi connectivity index (χ1v) is 8.56. The quantitative estimate of drug-likeness (QED) is 0.754. The summed E-state index contributed by atoms with van der Waals surface area (Å²) >= 11 is 0. The maximum Gasteiger partial charge on any atom is 0.339 e. The van der Waals surface area contributed by atoms with Crippen LogP contribution in [0.3, 0.4) is 0 Å². The molecule has 7 heteroatoms. The lowest BCUT2D eigenvalue weighted by Crippen LogP contribution is -2.44. The molecule has 0 N–H and O–H groups in total. The Hall–Kier alpha value is -2.93. The average molecular weight is 373 g/mol. The maximum atomic E-state index is 13.9. The fourth-order valence-electron chi connectivity index (χ4n) is 2.81. The first-order chi connectivity index (χ1) is 13.1. The van der Waals surface area contributed by atoms with E-state index in [-0.39, 0.29) is 17.2 Å². The highest BCUT2D eigenvalue weighted by Gasteiger charge is 2.31. The molecular weight excluding hydrogens is 353 g/mol. The summed E-state index contributed by atoms with van der Waals surface area (Å²) in [6.45, 7) is 1.73. The molecule has 1 fully saturated rings. The Morgan fingerprint density at radius 1 is 1.11 bits per heavy atom. The van der Waals surface area contributed by atoms with Gasteiger partial charge in [0, 0.05) is 18.7 Å². The van der Waals surface area contributed by atoms with Crippen molar-refractivity contribution in [2.45, 2.75) is 6.10 Å². The first kappa shape index (κ1) is 18.8. The number of methoxy groups -OCH3 is 1. The number of amides is 1. The molecule has 0 aliphatic carbocycles. The summed E-state index contributed by atoms with van der Waals surface area (Å²) in [4.78, 5) is 27.1. The molecule has 0 aromatic heterocycles. The Kier molecular flexibility index (Phi) is 6.03. The molecule has 2 aromatic carbocycles. The zero-order chi connectivity index (χ0) is 19.2. The molecule has 6 nitrogen and oxygen atoms in total. The number of halogens is 1. The van der Waals surface area contributed by atoms with Crippen molar-refractivity contribution in [1.29, 1.82) is 0 Å². The summed E-state index contributed by atoms with van der Waals surface area (Å²) in [5.41, 5.74) is 0.556. The van der Waals surface area contributed by atoms with Crippen LogP contribution >= 0.6 is 0 Å². The average Bonchev–Trinajstić information content (AvgIpc) is 2.72. The van der Waals surface area contributed by atoms with Crippen LogP contribution in [0.15, 0.2) is 48.5 Å². The van der Waals surface area contributed by atoms with Gasteiger partial charge in [-0.2, -0.15) is 0 Å². The van der Waals surface area contributed by atoms with E-state index in [9.17, 15) is 14.0 Å². The van der Waals surface area contributed by atoms with Crippen molar-refractivity contribution < 1.29 is 28.2 Å². The van der Waals surface area contributed by atoms with Gasteiger partial charge in [-0.1, -0.05) is 30.3 Å². The Bertz CT molecular complexity index is 805. The van der Waals surface area contributed by atoms with E-state index in [4.69, 9.17) is 14.2 Å². The Morgan fingerprint density at radius 3 is 2.44 bits per heavy atom. The number of esters is 1. The zero-order valence-electron chi connectivity index (χ0n) is 14.9. The second-order valence-electron chi connectivity index (χ2n) is 5.98. The molecule has 1 aliphatic heterocycles. The van der Waals surface area contributed by atoms with Crippen molar-refractivity contribution in [1.82, 2.24) is 4.90 Å². The van der Waals surface area contributed by atoms with Gasteiger partial charge < -0.3 is 19.1 Å². The third-order valence-electron chi connectivity index (χ3n) is 4.26. The number of carbonyl (C=O) groups is 2. The number of ether oxygens (including phenoxy) is 3. The summed E-state index contributed by atoms with van der Waals surface area (Å²) in [7, 11) is 1.34. The molecule has 2 aromatic rings. The minimum Gasteiger partial charge on any atom is -0.494 e. The van der Waals surface area contributed by atoms with E-state index in [1.807, 2.05) is 0 Å². The lowest BCUT2D eigenvalue weighted by atomic mass is 10.1. The number of hydrogen-bond donors (Lipinski definition) is 0. The van der Waals surface area contributed by atoms with E-state index in [1.165, 1.54) is 19.2 Å². The molecular formula is C20H20FNO5. The summed E-state index contributed by atoms with van der Waals surface area (Å²) in [6.07, 6.45) is -1.11. The van der Waals surface area contributed by atoms with Crippen LogP contribution in [0.2, 0.25) is 0 Å². The molecule has 1 atom stereocenters. The highest BCUT2D eigenvalue weighted by atomic mass is 19.1. The van der Waals surface area contributed by atoms with Crippen LogP contribution in [0, 0.1) is 5.82 Å². The van der Waals surface area contributed by atoms with E-state index in [1.54, 1.807) is 35.2 Å². The molecule has 0 radical (unpaired) electrons. The highest BCUT2D eigenvalue weighted by Crippen LogP contribution is 2.24. The number of carbonyl (C=O) groups excluding carboxylic acids is 2. The molecule has 0 unspecified atom stereocenters. The lowest BCUT2D eigenvalue weighted by Gasteiger charge is -2.30. The molecule has 0 bridgehead atoms. The van der Waals surface area contributed by atoms with Crippen molar-refractivity contribution in [3.8, 4) is 5.75 Å². The van der Waals surface area contributed by atoms with Gasteiger partial charge in [0.2, 0.25) is 6.10 Å². The van der Waals surface area contributed by atoms with Crippen LogP contribution in [0.25, 0.3) is 0 Å². The maximum absolute atomic E-state index is 13.9. The SMILES string of the molecule is COc1ccc(C(=O)O[C@H](C(=O)N2CCOCC2)c2ccccc2)cc1F. The normalized spacial score (nSPS) is 15.1. The molecule has 3 rings (SSSR count). The third-order valence-corrected chi connectivity index (χ3v) is 4.26. The van der Waals surface area contributed by atoms with Gasteiger partial charge in [-0.25, -0.2) is 9.18 Å². The van der Waals surface area contributed by atoms with Crippen LogP contribution < -0.4 is 4.74 Å². The molecule has 1 amide bonds. The summed E-state index contributed by atoms with van der Waals surface area (Å²) in [5.74, 6) is -1.77. The Labute approximate surface area is 156 Å². The van der Waals surface area contributed by atoms with E-state index in [0.29, 0.717) is 31.9 Å². The zero-order valence-corrected chi connectivity index (χ0v) is 14.9. The van der Waals surface area contributed by atoms with Crippen LogP contribution in [-0.2, 0) is 14.3 Å². The van der Waals surface area contributed by atoms with E-state index >= 15 is 0 Å². The Morgan fingerprint density at radius 2 is 1.81 bits per heavy atom. The predicted octanol–water partition coefficient (Wildman–Crippen LogP) is 2.59. The van der Waals surface area contributed by atoms with Crippen molar-refractivity contribution in [2.75, 3.05) is 33.4 Å². The van der Waals surface area contributed by atoms with Gasteiger partial charge in [0.1, 0.15) is 0 Å². The molecule has 0 spiro atoms. The topological polar surface area (TPSA) is 65.1 Å². The molecule has 27 heavy (non-hydrogen) atoms. The number of morpholine rings is 1. The molecule has 1 aliphatic rings. The second-order valence-corrected chi connectivity index (χ2v) is 5.98. The minimum atomic E-state index is -1.11. The van der Waals surface area contributed by atoms with Gasteiger partial charge in [0.05, 0.1) is 25.9 Å². The molecule has 1 saturated heterocycles. The van der Waals surface area contributed by atoms with Crippen LogP contribution in [0.4, 0.5) is 4.39 Å². The van der Waals surface area contributed by atoms with Gasteiger partial charge in [0.15, 0.2) is 11.6 Å². The highest BCUT2D eigenvalue weighted by molar-refractivity contribution is 5.93. The number of hydrogen-bond acceptors (Lipinski definition) is 5. The fourth-order valence-corrected chi connectivity index (χ4v) is 2.81. The number of benzene rings is 2. The first-order valence-electron chi connectivity index (χ1n) is 8.56. The van der Waals surface area contributed by atoms with Gasteiger partial charge in [-0.3, -0.25) is 4.79 Å². The van der Waals surface area contributed by atoms with Crippen LogP contribution in [0.1, 0.15) is 22.0 Å². The van der Waals surface area contributed by atoms with Crippen molar-refractivity contribution in [3.05, 3.63) is 65.5 Å². The molecule has 142 valence electrons. The third kappa shape index (κ3) is 4.43. The van der Waals surface area contributed by atoms with Crippen molar-refractivity contribution >= 4 is 11.9 Å². The molecule has 0 saturated carbocycles. The monoisotopic (exact) mass is 373 g/mol. The minimum absolute atomic E-state index is 0.00371. The lowest BCUT2D eigenvalue weighted by molar-refractivity contribution is -0.145. The van der Waals surface area contributed by atoms with Crippen LogP contribution in [-0.4, -0.2) is 50.2 Å². The number of nitrogens with zero attached hydrogens (tertiary/aromatic N) is 1. The van der Waals surface area contributed by atoms with E-state index in [0.717, 1.165) is 6.07 Å². The number of rotatable bonds is 5. The van der Waals surface area contributed by atoms with Crippen molar-refractivity contribution in [3.63, 3.8) is 0 Å². The second kappa shape index (κ2) is 8.64. The van der Waals surface area contributed by atoms with Crippen molar-refractivity contribution in [2.24, 2.45) is 0 Å². The van der Waals surface area contributed by atoms with Crippen LogP contribution in [0.5, 0.6) is 5.75 Å². The van der Waals surface area contributed by atoms with E-state index < -0.39 is 17.9 Å². The Balaban J connectivity index is 1.83. The largest absolute Gasteiger partial charge is 0.494 e. The summed E-state index contributed by atoms with van der Waals surface area (Å²) < 4.78 is 29.5. The van der Waals surface area contributed by atoms with E-state index in [2.05, 4.69) is 0 Å². The smallest absolute Gasteiger partial charge is 0.339 e. The molecule has 1 heterocycles. The van der Waals surface area contributed by atoms with Gasteiger partial charge >= 0.3 is 5.97 Å². The standard InChI is InChI=1S/C20H20FNO5/c1-25-17-8-7-15(13-16(17)21)20(24)27-18(14-5-3-2-4-6-14)19(23)22-9-11-26-12-10-22/h2-8,13,18H,9-12H2,1H3/t18-/m0/s1. The van der Waals surface area contributed by atoms with Gasteiger partial charge in [-0.05, 0) is 18.2 Å². The predicted molar refractivity (Wildman–Crippen MR) is 94.9 cm³/mol.